The number of ketones is 1. The van der Waals surface area contributed by atoms with Crippen molar-refractivity contribution >= 4 is 5.78 Å². The van der Waals surface area contributed by atoms with Gasteiger partial charge in [-0.3, -0.25) is 4.79 Å². The zero-order valence-corrected chi connectivity index (χ0v) is 19.3. The Morgan fingerprint density at radius 1 is 1.17 bits per heavy atom. The number of rotatable bonds is 7. The molecule has 0 heterocycles. The number of carbonyl (C=O) groups excluding carboxylic acids is 1. The first-order chi connectivity index (χ1) is 13.7. The van der Waals surface area contributed by atoms with Crippen molar-refractivity contribution in [1.82, 2.24) is 0 Å². The van der Waals surface area contributed by atoms with Crippen LogP contribution in [0.2, 0.25) is 0 Å². The lowest BCUT2D eigenvalue weighted by Gasteiger charge is -2.43. The fourth-order valence-electron chi connectivity index (χ4n) is 6.45. The molecule has 0 saturated heterocycles. The number of fused-ring (bicyclic) bond motifs is 1. The Hall–Kier alpha value is -1.15. The van der Waals surface area contributed by atoms with Gasteiger partial charge in [-0.15, -0.1) is 0 Å². The molecule has 29 heavy (non-hydrogen) atoms. The summed E-state index contributed by atoms with van der Waals surface area (Å²) in [6, 6.07) is 0. The van der Waals surface area contributed by atoms with Gasteiger partial charge < -0.3 is 5.11 Å². The van der Waals surface area contributed by atoms with Crippen LogP contribution in [0.1, 0.15) is 92.4 Å². The van der Waals surface area contributed by atoms with Gasteiger partial charge >= 0.3 is 0 Å². The molecule has 0 aliphatic heterocycles. The van der Waals surface area contributed by atoms with E-state index in [1.165, 1.54) is 50.5 Å². The summed E-state index contributed by atoms with van der Waals surface area (Å²) in [6.07, 6.45) is 16.4. The van der Waals surface area contributed by atoms with Gasteiger partial charge in [-0.05, 0) is 84.8 Å². The van der Waals surface area contributed by atoms with Crippen LogP contribution in [-0.2, 0) is 4.79 Å². The molecule has 1 fully saturated rings. The first-order valence-corrected chi connectivity index (χ1v) is 12.0. The fraction of sp³-hybridized carbons (Fsp3) is 0.741. The van der Waals surface area contributed by atoms with Crippen molar-refractivity contribution in [1.29, 1.82) is 0 Å². The van der Waals surface area contributed by atoms with E-state index in [1.807, 2.05) is 6.92 Å². The van der Waals surface area contributed by atoms with Crippen LogP contribution in [0.15, 0.2) is 34.9 Å². The Balaban J connectivity index is 1.70. The highest BCUT2D eigenvalue weighted by Gasteiger charge is 2.49. The highest BCUT2D eigenvalue weighted by molar-refractivity contribution is 5.97. The first-order valence-electron chi connectivity index (χ1n) is 12.0. The molecule has 0 aromatic carbocycles. The SMILES string of the molecule is CC1=C(/C=C\C2=CCC[C@@]3(C)C2CCC3[C@H](C)CCCC(C)C)C[C@@H](O)CC1=O. The van der Waals surface area contributed by atoms with Gasteiger partial charge in [0.2, 0.25) is 0 Å². The van der Waals surface area contributed by atoms with Gasteiger partial charge in [0, 0.05) is 6.42 Å². The van der Waals surface area contributed by atoms with E-state index in [-0.39, 0.29) is 12.2 Å². The lowest BCUT2D eigenvalue weighted by Crippen LogP contribution is -2.35. The third-order valence-corrected chi connectivity index (χ3v) is 8.26. The van der Waals surface area contributed by atoms with Gasteiger partial charge in [0.25, 0.3) is 0 Å². The van der Waals surface area contributed by atoms with Crippen LogP contribution in [-0.4, -0.2) is 17.0 Å². The summed E-state index contributed by atoms with van der Waals surface area (Å²) in [6.45, 7) is 11.6. The highest BCUT2D eigenvalue weighted by atomic mass is 16.3. The van der Waals surface area contributed by atoms with Gasteiger partial charge in [-0.25, -0.2) is 0 Å². The maximum atomic E-state index is 12.1. The van der Waals surface area contributed by atoms with E-state index >= 15 is 0 Å². The summed E-state index contributed by atoms with van der Waals surface area (Å²) in [4.78, 5) is 12.1. The van der Waals surface area contributed by atoms with Crippen LogP contribution in [0.4, 0.5) is 0 Å². The topological polar surface area (TPSA) is 37.3 Å². The number of hydrogen-bond donors (Lipinski definition) is 1. The Morgan fingerprint density at radius 3 is 2.66 bits per heavy atom. The van der Waals surface area contributed by atoms with Crippen molar-refractivity contribution in [2.24, 2.45) is 29.1 Å². The number of allylic oxidation sites excluding steroid dienone is 5. The quantitative estimate of drug-likeness (QED) is 0.512. The molecule has 3 aliphatic rings. The minimum absolute atomic E-state index is 0.0991. The molecular formula is C27H42O2. The minimum Gasteiger partial charge on any atom is -0.392 e. The van der Waals surface area contributed by atoms with E-state index in [1.54, 1.807) is 0 Å². The highest BCUT2D eigenvalue weighted by Crippen LogP contribution is 2.58. The summed E-state index contributed by atoms with van der Waals surface area (Å²) < 4.78 is 0. The monoisotopic (exact) mass is 398 g/mol. The largest absolute Gasteiger partial charge is 0.392 e. The maximum Gasteiger partial charge on any atom is 0.161 e. The average Bonchev–Trinajstić information content (AvgIpc) is 3.00. The number of carbonyl (C=O) groups is 1. The van der Waals surface area contributed by atoms with Crippen LogP contribution in [0.3, 0.4) is 0 Å². The van der Waals surface area contributed by atoms with E-state index < -0.39 is 6.10 Å². The molecule has 0 amide bonds. The Morgan fingerprint density at radius 2 is 1.93 bits per heavy atom. The second-order valence-electron chi connectivity index (χ2n) is 10.8. The fourth-order valence-corrected chi connectivity index (χ4v) is 6.45. The smallest absolute Gasteiger partial charge is 0.161 e. The molecule has 1 N–H and O–H groups in total. The molecule has 0 radical (unpaired) electrons. The molecule has 0 aromatic heterocycles. The van der Waals surface area contributed by atoms with Crippen LogP contribution in [0, 0.1) is 29.1 Å². The third-order valence-electron chi connectivity index (χ3n) is 8.26. The number of aliphatic hydroxyl groups is 1. The summed E-state index contributed by atoms with van der Waals surface area (Å²) in [5.41, 5.74) is 3.76. The average molecular weight is 399 g/mol. The summed E-state index contributed by atoms with van der Waals surface area (Å²) in [5.74, 6) is 3.20. The van der Waals surface area contributed by atoms with E-state index in [0.717, 1.165) is 28.9 Å². The lowest BCUT2D eigenvalue weighted by molar-refractivity contribution is -0.117. The zero-order chi connectivity index (χ0) is 21.2. The van der Waals surface area contributed by atoms with E-state index in [4.69, 9.17) is 0 Å². The summed E-state index contributed by atoms with van der Waals surface area (Å²) in [7, 11) is 0. The van der Waals surface area contributed by atoms with E-state index in [0.29, 0.717) is 17.8 Å². The van der Waals surface area contributed by atoms with Crippen molar-refractivity contribution < 1.29 is 9.90 Å². The molecular weight excluding hydrogens is 356 g/mol. The van der Waals surface area contributed by atoms with Crippen molar-refractivity contribution in [3.05, 3.63) is 34.9 Å². The van der Waals surface area contributed by atoms with Crippen molar-refractivity contribution in [2.45, 2.75) is 98.5 Å². The molecule has 2 unspecified atom stereocenters. The molecule has 0 bridgehead atoms. The van der Waals surface area contributed by atoms with Gasteiger partial charge in [-0.1, -0.05) is 65.2 Å². The van der Waals surface area contributed by atoms with Crippen LogP contribution >= 0.6 is 0 Å². The second-order valence-corrected chi connectivity index (χ2v) is 10.8. The van der Waals surface area contributed by atoms with Gasteiger partial charge in [0.1, 0.15) is 0 Å². The Bertz CT molecular complexity index is 695. The molecule has 162 valence electrons. The predicted molar refractivity (Wildman–Crippen MR) is 122 cm³/mol. The Labute approximate surface area is 178 Å². The zero-order valence-electron chi connectivity index (χ0n) is 19.3. The summed E-state index contributed by atoms with van der Waals surface area (Å²) >= 11 is 0. The van der Waals surface area contributed by atoms with E-state index in [2.05, 4.69) is 45.9 Å². The second kappa shape index (κ2) is 9.33. The molecule has 1 saturated carbocycles. The van der Waals surface area contributed by atoms with Crippen molar-refractivity contribution in [3.63, 3.8) is 0 Å². The van der Waals surface area contributed by atoms with Gasteiger partial charge in [0.05, 0.1) is 6.10 Å². The van der Waals surface area contributed by atoms with Crippen molar-refractivity contribution in [2.75, 3.05) is 0 Å². The van der Waals surface area contributed by atoms with Crippen molar-refractivity contribution in [3.8, 4) is 0 Å². The molecule has 2 heteroatoms. The minimum atomic E-state index is -0.515. The molecule has 3 rings (SSSR count). The lowest BCUT2D eigenvalue weighted by atomic mass is 9.62. The third kappa shape index (κ3) is 4.95. The predicted octanol–water partition coefficient (Wildman–Crippen LogP) is 6.80. The molecule has 5 atom stereocenters. The molecule has 0 aromatic rings. The standard InChI is InChI=1S/C27H42O2/c1-18(2)8-6-9-19(3)24-13-14-25-21(10-7-15-27(24,25)5)11-12-22-16-23(28)17-26(29)20(22)4/h10-12,18-19,23-25,28H,6-9,13-17H2,1-5H3/b12-11-/t19-,23-,24?,25?,27-/m1/s1. The normalized spacial score (nSPS) is 34.1. The van der Waals surface area contributed by atoms with Gasteiger partial charge in [-0.2, -0.15) is 0 Å². The van der Waals surface area contributed by atoms with E-state index in [9.17, 15) is 9.90 Å². The number of Topliss-reactive ketones (excluding diaryl/α,β-unsaturated/α-hetero) is 1. The number of aliphatic hydroxyl groups excluding tert-OH is 1. The maximum absolute atomic E-state index is 12.1. The molecule has 2 nitrogen and oxygen atoms in total. The van der Waals surface area contributed by atoms with Crippen LogP contribution < -0.4 is 0 Å². The number of hydrogen-bond acceptors (Lipinski definition) is 2. The molecule has 0 spiro atoms. The Kier molecular flexibility index (Phi) is 7.25. The first kappa shape index (κ1) is 22.5. The summed E-state index contributed by atoms with van der Waals surface area (Å²) in [5, 5.41) is 9.99. The van der Waals surface area contributed by atoms with Crippen LogP contribution in [0.5, 0.6) is 0 Å². The molecule has 3 aliphatic carbocycles. The van der Waals surface area contributed by atoms with Crippen LogP contribution in [0.25, 0.3) is 0 Å². The van der Waals surface area contributed by atoms with Gasteiger partial charge in [0.15, 0.2) is 5.78 Å².